The summed E-state index contributed by atoms with van der Waals surface area (Å²) in [5.41, 5.74) is 23.3. The highest BCUT2D eigenvalue weighted by molar-refractivity contribution is 9.10. The Bertz CT molecular complexity index is 4650. The summed E-state index contributed by atoms with van der Waals surface area (Å²) < 4.78 is 11.9. The normalized spacial score (nSPS) is 11.0. The number of para-hydroxylation sites is 4. The molecule has 0 saturated carbocycles. The predicted octanol–water partition coefficient (Wildman–Crippen LogP) is 21.9. The van der Waals surface area contributed by atoms with E-state index >= 15 is 0 Å². The minimum Gasteiger partial charge on any atom is -0.469 e. The predicted molar refractivity (Wildman–Crippen MR) is 397 cm³/mol. The number of carbonyl (C=O) groups excluding carboxylic acids is 2. The molecular formula is C84H64Br2N6O4. The molecule has 0 bridgehead atoms. The minimum atomic E-state index is -0.225. The van der Waals surface area contributed by atoms with E-state index in [2.05, 4.69) is 260 Å². The van der Waals surface area contributed by atoms with E-state index in [9.17, 15) is 9.59 Å². The lowest BCUT2D eigenvalue weighted by molar-refractivity contribution is -0.141. The van der Waals surface area contributed by atoms with Crippen molar-refractivity contribution in [3.05, 3.63) is 323 Å². The third-order valence-electron chi connectivity index (χ3n) is 16.7. The van der Waals surface area contributed by atoms with Crippen LogP contribution in [0.5, 0.6) is 0 Å². The molecule has 0 aliphatic heterocycles. The number of aromatic nitrogens is 4. The smallest absolute Gasteiger partial charge is 0.305 e. The fourth-order valence-corrected chi connectivity index (χ4v) is 12.2. The molecule has 0 saturated heterocycles. The summed E-state index contributed by atoms with van der Waals surface area (Å²) in [5, 5.41) is 0. The van der Waals surface area contributed by atoms with E-state index in [0.29, 0.717) is 25.7 Å². The second-order valence-electron chi connectivity index (χ2n) is 22.9. The van der Waals surface area contributed by atoms with Crippen molar-refractivity contribution in [3.8, 4) is 67.3 Å². The molecule has 0 radical (unpaired) electrons. The van der Waals surface area contributed by atoms with Crippen LogP contribution in [0.4, 0.5) is 34.1 Å². The van der Waals surface area contributed by atoms with Gasteiger partial charge in [0.05, 0.1) is 59.1 Å². The summed E-state index contributed by atoms with van der Waals surface area (Å²) in [5.74, 6) is -0.451. The van der Waals surface area contributed by atoms with E-state index in [1.807, 2.05) is 84.9 Å². The Kier molecular flexibility index (Phi) is 19.8. The fourth-order valence-electron chi connectivity index (χ4n) is 11.6. The van der Waals surface area contributed by atoms with Crippen LogP contribution in [0.1, 0.15) is 24.0 Å². The van der Waals surface area contributed by atoms with E-state index in [4.69, 9.17) is 29.4 Å². The molecule has 0 fully saturated rings. The van der Waals surface area contributed by atoms with Gasteiger partial charge in [-0.1, -0.05) is 214 Å². The van der Waals surface area contributed by atoms with Crippen molar-refractivity contribution >= 4 is 100.0 Å². The maximum Gasteiger partial charge on any atom is 0.305 e. The van der Waals surface area contributed by atoms with Crippen molar-refractivity contribution in [1.82, 2.24) is 19.9 Å². The molecule has 2 aromatic heterocycles. The lowest BCUT2D eigenvalue weighted by Crippen LogP contribution is -2.10. The number of esters is 2. The lowest BCUT2D eigenvalue weighted by atomic mass is 10.0. The standard InChI is InChI=1S/C64H52N4O4.C20H12Br2N2/c1-71-61(69)43-21-45-17-31-53(32-18-45)67(55-35-23-49(24-36-55)47-11-5-3-6-12-47)57-39-27-51(28-40-57)63-64(66-60-16-10-9-15-59(60)65-63)52-29-41-58(42-30-52)68(54-33-19-46(20-34-54)22-44-62(70)72-2)56-37-25-50(26-38-56)48-13-7-4-8-14-48;21-15-9-5-13(6-10-15)19-20(14-7-11-16(22)12-8-14)24-18-4-2-1-3-17(18)23-19/h3-20,23-42H,21-22,43-44H2,1-2H3;1-12H. The highest BCUT2D eigenvalue weighted by Gasteiger charge is 2.20. The number of fused-ring (bicyclic) bond motifs is 2. The Labute approximate surface area is 575 Å². The Balaban J connectivity index is 0.000000289. The van der Waals surface area contributed by atoms with Crippen LogP contribution < -0.4 is 9.80 Å². The minimum absolute atomic E-state index is 0.225. The number of methoxy groups -OCH3 is 2. The van der Waals surface area contributed by atoms with Crippen molar-refractivity contribution in [1.29, 1.82) is 0 Å². The van der Waals surface area contributed by atoms with E-state index < -0.39 is 0 Å². The number of benzene rings is 12. The first kappa shape index (κ1) is 63.6. The number of hydrogen-bond donors (Lipinski definition) is 0. The SMILES string of the molecule is Brc1ccc(-c2nc3ccccc3nc2-c2ccc(Br)cc2)cc1.COC(=O)CCc1ccc(N(c2ccc(-c3ccccc3)cc2)c2ccc(-c3nc4ccccc4nc3-c3ccc(N(c4ccc(CCC(=O)OC)cc4)c4ccc(-c5ccccc5)cc4)cc3)cc2)cc1. The summed E-state index contributed by atoms with van der Waals surface area (Å²) in [6.45, 7) is 0. The maximum absolute atomic E-state index is 11.9. The first-order valence-electron chi connectivity index (χ1n) is 31.6. The van der Waals surface area contributed by atoms with Crippen molar-refractivity contribution in [2.24, 2.45) is 0 Å². The number of aryl methyl sites for hydroxylation is 2. The largest absolute Gasteiger partial charge is 0.469 e. The summed E-state index contributed by atoms with van der Waals surface area (Å²) in [6, 6.07) is 104. The van der Waals surface area contributed by atoms with Crippen molar-refractivity contribution in [2.45, 2.75) is 25.7 Å². The first-order valence-corrected chi connectivity index (χ1v) is 33.2. The van der Waals surface area contributed by atoms with Gasteiger partial charge in [0.15, 0.2) is 0 Å². The van der Waals surface area contributed by atoms with Gasteiger partial charge in [-0.25, -0.2) is 19.9 Å². The Hall–Kier alpha value is -11.2. The molecule has 96 heavy (non-hydrogen) atoms. The van der Waals surface area contributed by atoms with Crippen LogP contribution in [-0.4, -0.2) is 46.1 Å². The molecule has 0 amide bonds. The van der Waals surface area contributed by atoms with Crippen LogP contribution in [-0.2, 0) is 31.9 Å². The Morgan fingerprint density at radius 3 is 0.760 bits per heavy atom. The number of anilines is 6. The van der Waals surface area contributed by atoms with Gasteiger partial charge < -0.3 is 19.3 Å². The number of nitrogens with zero attached hydrogens (tertiary/aromatic N) is 6. The van der Waals surface area contributed by atoms with Crippen LogP contribution in [0.25, 0.3) is 89.4 Å². The zero-order chi connectivity index (χ0) is 65.7. The first-order chi connectivity index (χ1) is 47.1. The molecule has 0 aliphatic rings. The molecule has 0 unspecified atom stereocenters. The number of hydrogen-bond acceptors (Lipinski definition) is 10. The molecule has 0 spiro atoms. The van der Waals surface area contributed by atoms with E-state index in [1.54, 1.807) is 0 Å². The topological polar surface area (TPSA) is 111 Å². The van der Waals surface area contributed by atoms with Crippen LogP contribution >= 0.6 is 31.9 Å². The number of ether oxygens (including phenoxy) is 2. The highest BCUT2D eigenvalue weighted by atomic mass is 79.9. The fraction of sp³-hybridized carbons (Fsp3) is 0.0714. The van der Waals surface area contributed by atoms with E-state index in [-0.39, 0.29) is 11.9 Å². The maximum atomic E-state index is 11.9. The molecule has 2 heterocycles. The summed E-state index contributed by atoms with van der Waals surface area (Å²) in [7, 11) is 2.84. The van der Waals surface area contributed by atoms with Gasteiger partial charge in [0.1, 0.15) is 0 Å². The van der Waals surface area contributed by atoms with Crippen molar-refractivity contribution in [2.75, 3.05) is 24.0 Å². The van der Waals surface area contributed by atoms with Gasteiger partial charge >= 0.3 is 11.9 Å². The van der Waals surface area contributed by atoms with Gasteiger partial charge in [0.2, 0.25) is 0 Å². The average Bonchev–Trinajstić information content (AvgIpc) is 0.884. The van der Waals surface area contributed by atoms with Crippen LogP contribution in [0.3, 0.4) is 0 Å². The molecule has 468 valence electrons. The third kappa shape index (κ3) is 14.9. The van der Waals surface area contributed by atoms with Crippen LogP contribution in [0, 0.1) is 0 Å². The van der Waals surface area contributed by atoms with Gasteiger partial charge in [0.25, 0.3) is 0 Å². The quantitative estimate of drug-likeness (QED) is 0.0770. The monoisotopic (exact) mass is 1380 g/mol. The Morgan fingerprint density at radius 2 is 0.500 bits per heavy atom. The summed E-state index contributed by atoms with van der Waals surface area (Å²) in [4.78, 5) is 48.7. The molecule has 14 aromatic rings. The summed E-state index contributed by atoms with van der Waals surface area (Å²) in [6.07, 6.45) is 1.84. The van der Waals surface area contributed by atoms with E-state index in [0.717, 1.165) is 144 Å². The van der Waals surface area contributed by atoms with Crippen molar-refractivity contribution in [3.63, 3.8) is 0 Å². The van der Waals surface area contributed by atoms with Gasteiger partial charge in [-0.3, -0.25) is 9.59 Å². The van der Waals surface area contributed by atoms with Crippen molar-refractivity contribution < 1.29 is 19.1 Å². The molecular weight excluding hydrogens is 1320 g/mol. The molecule has 12 aromatic carbocycles. The zero-order valence-electron chi connectivity index (χ0n) is 52.8. The molecule has 12 heteroatoms. The third-order valence-corrected chi connectivity index (χ3v) is 17.8. The average molecular weight is 1380 g/mol. The van der Waals surface area contributed by atoms with Gasteiger partial charge in [-0.15, -0.1) is 0 Å². The van der Waals surface area contributed by atoms with Gasteiger partial charge in [-0.2, -0.15) is 0 Å². The number of halogens is 2. The zero-order valence-corrected chi connectivity index (χ0v) is 55.9. The van der Waals surface area contributed by atoms with Crippen LogP contribution in [0.15, 0.2) is 312 Å². The molecule has 10 nitrogen and oxygen atoms in total. The Morgan fingerprint density at radius 1 is 0.281 bits per heavy atom. The second kappa shape index (κ2) is 29.8. The van der Waals surface area contributed by atoms with Gasteiger partial charge in [-0.05, 0) is 168 Å². The van der Waals surface area contributed by atoms with E-state index in [1.165, 1.54) is 14.2 Å². The lowest BCUT2D eigenvalue weighted by Gasteiger charge is -2.26. The number of carbonyl (C=O) groups is 2. The van der Waals surface area contributed by atoms with Gasteiger partial charge in [0, 0.05) is 78.2 Å². The molecule has 0 atom stereocenters. The highest BCUT2D eigenvalue weighted by Crippen LogP contribution is 2.42. The molecule has 14 rings (SSSR count). The van der Waals surface area contributed by atoms with Crippen LogP contribution in [0.2, 0.25) is 0 Å². The summed E-state index contributed by atoms with van der Waals surface area (Å²) >= 11 is 6.98. The second-order valence-corrected chi connectivity index (χ2v) is 24.7. The molecule has 0 aliphatic carbocycles. The molecule has 0 N–H and O–H groups in total. The number of rotatable bonds is 18.